The van der Waals surface area contributed by atoms with Crippen molar-refractivity contribution < 1.29 is 9.53 Å². The molecule has 100 valence electrons. The fourth-order valence-electron chi connectivity index (χ4n) is 2.16. The number of carbonyl (C=O) groups excluding carboxylic acids is 1. The van der Waals surface area contributed by atoms with Crippen LogP contribution in [0.15, 0.2) is 42.1 Å². The maximum atomic E-state index is 11.5. The molecule has 1 aromatic heterocycles. The van der Waals surface area contributed by atoms with Gasteiger partial charge in [0.1, 0.15) is 0 Å². The van der Waals surface area contributed by atoms with Crippen LogP contribution in [0, 0.1) is 6.92 Å². The molecular weight excluding hydrogens is 238 g/mol. The first kappa shape index (κ1) is 13.4. The van der Waals surface area contributed by atoms with Gasteiger partial charge in [-0.15, -0.1) is 0 Å². The molecule has 3 heteroatoms. The summed E-state index contributed by atoms with van der Waals surface area (Å²) in [6.07, 6.45) is 4.67. The number of hydrogen-bond donors (Lipinski definition) is 0. The van der Waals surface area contributed by atoms with Gasteiger partial charge in [0.15, 0.2) is 0 Å². The van der Waals surface area contributed by atoms with Crippen LogP contribution in [-0.2, 0) is 16.1 Å². The summed E-state index contributed by atoms with van der Waals surface area (Å²) in [7, 11) is 1.42. The highest BCUT2D eigenvalue weighted by Crippen LogP contribution is 2.18. The molecule has 1 heterocycles. The van der Waals surface area contributed by atoms with E-state index in [1.54, 1.807) is 0 Å². The Morgan fingerprint density at radius 2 is 2.16 bits per heavy atom. The molecule has 0 spiro atoms. The standard InChI is InChI=1S/C16H19NO2/c1-4-13(16(18)19-3)7-9-17-10-8-14-6-5-12(2)11-15(14)17/h5-8,10-11H,4,9H2,1-3H3. The maximum Gasteiger partial charge on any atom is 0.333 e. The fourth-order valence-corrected chi connectivity index (χ4v) is 2.16. The molecule has 0 unspecified atom stereocenters. The molecule has 2 aromatic rings. The molecule has 0 aliphatic carbocycles. The molecule has 0 aliphatic rings. The third-order valence-electron chi connectivity index (χ3n) is 3.29. The van der Waals surface area contributed by atoms with Gasteiger partial charge < -0.3 is 9.30 Å². The number of carbonyl (C=O) groups is 1. The predicted molar refractivity (Wildman–Crippen MR) is 77.1 cm³/mol. The summed E-state index contributed by atoms with van der Waals surface area (Å²) in [6.45, 7) is 4.73. The van der Waals surface area contributed by atoms with Crippen molar-refractivity contribution in [1.29, 1.82) is 0 Å². The molecular formula is C16H19NO2. The number of rotatable bonds is 4. The summed E-state index contributed by atoms with van der Waals surface area (Å²) >= 11 is 0. The topological polar surface area (TPSA) is 31.2 Å². The first-order chi connectivity index (χ1) is 9.15. The zero-order valence-corrected chi connectivity index (χ0v) is 11.6. The Hall–Kier alpha value is -2.03. The van der Waals surface area contributed by atoms with Gasteiger partial charge in [-0.2, -0.15) is 0 Å². The van der Waals surface area contributed by atoms with Gasteiger partial charge in [-0.25, -0.2) is 4.79 Å². The number of allylic oxidation sites excluding steroid dienone is 1. The van der Waals surface area contributed by atoms with Crippen LogP contribution in [0.5, 0.6) is 0 Å². The lowest BCUT2D eigenvalue weighted by atomic mass is 10.2. The third kappa shape index (κ3) is 2.87. The van der Waals surface area contributed by atoms with E-state index in [4.69, 9.17) is 4.74 Å². The van der Waals surface area contributed by atoms with Crippen molar-refractivity contribution in [3.05, 3.63) is 47.7 Å². The lowest BCUT2D eigenvalue weighted by Crippen LogP contribution is -2.05. The zero-order chi connectivity index (χ0) is 13.8. The second-order valence-corrected chi connectivity index (χ2v) is 4.60. The molecule has 2 rings (SSSR count). The highest BCUT2D eigenvalue weighted by atomic mass is 16.5. The molecule has 0 saturated heterocycles. The number of methoxy groups -OCH3 is 1. The van der Waals surface area contributed by atoms with Gasteiger partial charge in [-0.3, -0.25) is 0 Å². The first-order valence-electron chi connectivity index (χ1n) is 6.48. The minimum absolute atomic E-state index is 0.241. The molecule has 0 bridgehead atoms. The van der Waals surface area contributed by atoms with Crippen LogP contribution in [0.3, 0.4) is 0 Å². The van der Waals surface area contributed by atoms with E-state index in [1.807, 2.05) is 19.2 Å². The van der Waals surface area contributed by atoms with Crippen LogP contribution in [0.4, 0.5) is 0 Å². The van der Waals surface area contributed by atoms with Gasteiger partial charge in [0.05, 0.1) is 7.11 Å². The Bertz CT molecular complexity index is 623. The number of hydrogen-bond acceptors (Lipinski definition) is 2. The predicted octanol–water partition coefficient (Wildman–Crippen LogP) is 3.46. The molecule has 19 heavy (non-hydrogen) atoms. The van der Waals surface area contributed by atoms with E-state index in [0.717, 1.165) is 5.57 Å². The summed E-state index contributed by atoms with van der Waals surface area (Å²) in [6, 6.07) is 8.47. The smallest absolute Gasteiger partial charge is 0.333 e. The Kier molecular flexibility index (Phi) is 4.05. The second-order valence-electron chi connectivity index (χ2n) is 4.60. The van der Waals surface area contributed by atoms with Gasteiger partial charge in [0.25, 0.3) is 0 Å². The van der Waals surface area contributed by atoms with Crippen molar-refractivity contribution in [1.82, 2.24) is 4.57 Å². The lowest BCUT2D eigenvalue weighted by Gasteiger charge is -2.05. The van der Waals surface area contributed by atoms with E-state index in [0.29, 0.717) is 13.0 Å². The van der Waals surface area contributed by atoms with Crippen LogP contribution >= 0.6 is 0 Å². The molecule has 0 saturated carbocycles. The Morgan fingerprint density at radius 3 is 2.84 bits per heavy atom. The Morgan fingerprint density at radius 1 is 1.37 bits per heavy atom. The average molecular weight is 257 g/mol. The Balaban J connectivity index is 2.28. The molecule has 0 atom stereocenters. The summed E-state index contributed by atoms with van der Waals surface area (Å²) in [5, 5.41) is 1.22. The van der Waals surface area contributed by atoms with E-state index in [-0.39, 0.29) is 5.97 Å². The number of aromatic nitrogens is 1. The van der Waals surface area contributed by atoms with Gasteiger partial charge in [-0.05, 0) is 36.4 Å². The Labute approximate surface area is 113 Å². The fraction of sp³-hybridized carbons (Fsp3) is 0.312. The summed E-state index contributed by atoms with van der Waals surface area (Å²) < 4.78 is 6.90. The van der Waals surface area contributed by atoms with Crippen LogP contribution < -0.4 is 0 Å². The molecule has 1 aromatic carbocycles. The van der Waals surface area contributed by atoms with Crippen LogP contribution in [0.1, 0.15) is 18.9 Å². The van der Waals surface area contributed by atoms with E-state index in [9.17, 15) is 4.79 Å². The maximum absolute atomic E-state index is 11.5. The van der Waals surface area contributed by atoms with Gasteiger partial charge in [0.2, 0.25) is 0 Å². The van der Waals surface area contributed by atoms with Crippen molar-refractivity contribution in [2.45, 2.75) is 26.8 Å². The monoisotopic (exact) mass is 257 g/mol. The van der Waals surface area contributed by atoms with E-state index in [1.165, 1.54) is 23.6 Å². The normalized spacial score (nSPS) is 11.8. The van der Waals surface area contributed by atoms with Gasteiger partial charge in [-0.1, -0.05) is 25.1 Å². The van der Waals surface area contributed by atoms with Gasteiger partial charge in [0, 0.05) is 23.8 Å². The molecule has 0 amide bonds. The minimum Gasteiger partial charge on any atom is -0.466 e. The van der Waals surface area contributed by atoms with Crippen molar-refractivity contribution >= 4 is 16.9 Å². The number of esters is 1. The SMILES string of the molecule is CCC(=CCn1ccc2ccc(C)cc21)C(=O)OC. The second kappa shape index (κ2) is 5.74. The number of aryl methyl sites for hydroxylation is 1. The van der Waals surface area contributed by atoms with Gasteiger partial charge >= 0.3 is 5.97 Å². The quantitative estimate of drug-likeness (QED) is 0.620. The number of fused-ring (bicyclic) bond motifs is 1. The third-order valence-corrected chi connectivity index (χ3v) is 3.29. The highest BCUT2D eigenvalue weighted by molar-refractivity contribution is 5.88. The summed E-state index contributed by atoms with van der Waals surface area (Å²) in [4.78, 5) is 11.5. The van der Waals surface area contributed by atoms with Crippen molar-refractivity contribution in [2.75, 3.05) is 7.11 Å². The molecule has 0 fully saturated rings. The summed E-state index contributed by atoms with van der Waals surface area (Å²) in [5.41, 5.74) is 3.15. The highest BCUT2D eigenvalue weighted by Gasteiger charge is 2.07. The zero-order valence-electron chi connectivity index (χ0n) is 11.6. The van der Waals surface area contributed by atoms with E-state index < -0.39 is 0 Å². The van der Waals surface area contributed by atoms with Crippen LogP contribution in [-0.4, -0.2) is 17.6 Å². The number of ether oxygens (including phenoxy) is 1. The number of benzene rings is 1. The largest absolute Gasteiger partial charge is 0.466 e. The van der Waals surface area contributed by atoms with E-state index in [2.05, 4.69) is 35.8 Å². The first-order valence-corrected chi connectivity index (χ1v) is 6.48. The summed E-state index contributed by atoms with van der Waals surface area (Å²) in [5.74, 6) is -0.241. The van der Waals surface area contributed by atoms with Crippen molar-refractivity contribution in [2.24, 2.45) is 0 Å². The molecule has 3 nitrogen and oxygen atoms in total. The molecule has 0 aliphatic heterocycles. The van der Waals surface area contributed by atoms with E-state index >= 15 is 0 Å². The number of nitrogens with zero attached hydrogens (tertiary/aromatic N) is 1. The molecule has 0 N–H and O–H groups in total. The van der Waals surface area contributed by atoms with Crippen LogP contribution in [0.25, 0.3) is 10.9 Å². The van der Waals surface area contributed by atoms with Crippen molar-refractivity contribution in [3.63, 3.8) is 0 Å². The van der Waals surface area contributed by atoms with Crippen molar-refractivity contribution in [3.8, 4) is 0 Å². The lowest BCUT2D eigenvalue weighted by molar-refractivity contribution is -0.136. The minimum atomic E-state index is -0.241. The van der Waals surface area contributed by atoms with Crippen LogP contribution in [0.2, 0.25) is 0 Å². The average Bonchev–Trinajstić information content (AvgIpc) is 2.81. The molecule has 0 radical (unpaired) electrons.